The minimum absolute atomic E-state index is 0.344. The van der Waals surface area contributed by atoms with Crippen LogP contribution < -0.4 is 0 Å². The summed E-state index contributed by atoms with van der Waals surface area (Å²) in [4.78, 5) is 0. The van der Waals surface area contributed by atoms with E-state index in [1.807, 2.05) is 0 Å². The topological polar surface area (TPSA) is 0 Å². The smallest absolute Gasteiger partial charge is 0.0299 e. The molecule has 14 heavy (non-hydrogen) atoms. The molecule has 0 heterocycles. The van der Waals surface area contributed by atoms with Crippen LogP contribution in [-0.2, 0) is 0 Å². The molecule has 0 spiro atoms. The second-order valence-electron chi connectivity index (χ2n) is 4.54. The summed E-state index contributed by atoms with van der Waals surface area (Å²) >= 11 is 2.05. The Hall–Kier alpha value is -0.430. The minimum atomic E-state index is 0.344. The van der Waals surface area contributed by atoms with Crippen LogP contribution in [0.25, 0.3) is 0 Å². The average Bonchev–Trinajstić information content (AvgIpc) is 2.14. The largest absolute Gasteiger partial charge is 0.148 e. The number of thioether (sulfide) groups is 1. The van der Waals surface area contributed by atoms with Gasteiger partial charge in [-0.05, 0) is 12.0 Å². The van der Waals surface area contributed by atoms with Crippen LogP contribution in [0.2, 0.25) is 0 Å². The molecule has 1 rings (SSSR count). The van der Waals surface area contributed by atoms with Gasteiger partial charge in [-0.25, -0.2) is 0 Å². The Balaban J connectivity index is 2.73. The van der Waals surface area contributed by atoms with Gasteiger partial charge >= 0.3 is 0 Å². The van der Waals surface area contributed by atoms with Gasteiger partial charge < -0.3 is 0 Å². The maximum absolute atomic E-state index is 2.28. The van der Waals surface area contributed by atoms with Gasteiger partial charge in [0.05, 0.1) is 0 Å². The molecule has 0 aliphatic heterocycles. The normalized spacial score (nSPS) is 14.0. The molecule has 0 radical (unpaired) electrons. The number of hydrogen-bond acceptors (Lipinski definition) is 1. The first-order valence-corrected chi connectivity index (χ1v) is 6.13. The van der Waals surface area contributed by atoms with E-state index in [0.717, 1.165) is 0 Å². The fraction of sp³-hybridized carbons (Fsp3) is 0.538. The first-order chi connectivity index (χ1) is 6.53. The van der Waals surface area contributed by atoms with Gasteiger partial charge in [-0.1, -0.05) is 58.0 Å². The van der Waals surface area contributed by atoms with Crippen molar-refractivity contribution >= 4 is 11.8 Å². The molecule has 1 aromatic rings. The van der Waals surface area contributed by atoms with Crippen molar-refractivity contribution in [1.29, 1.82) is 0 Å². The van der Waals surface area contributed by atoms with E-state index < -0.39 is 0 Å². The molecular weight excluding hydrogens is 188 g/mol. The van der Waals surface area contributed by atoms with Crippen molar-refractivity contribution in [2.24, 2.45) is 0 Å². The highest BCUT2D eigenvalue weighted by molar-refractivity contribution is 8.00. The highest BCUT2D eigenvalue weighted by atomic mass is 32.2. The van der Waals surface area contributed by atoms with Crippen LogP contribution in [0.15, 0.2) is 30.3 Å². The van der Waals surface area contributed by atoms with Crippen molar-refractivity contribution in [2.45, 2.75) is 44.1 Å². The lowest BCUT2D eigenvalue weighted by molar-refractivity contribution is 0.779. The third-order valence-electron chi connectivity index (χ3n) is 2.04. The Morgan fingerprint density at radius 2 is 1.71 bits per heavy atom. The highest BCUT2D eigenvalue weighted by Gasteiger charge is 2.18. The summed E-state index contributed by atoms with van der Waals surface area (Å²) in [5.74, 6) is 0. The Morgan fingerprint density at radius 3 is 2.14 bits per heavy atom. The van der Waals surface area contributed by atoms with Crippen LogP contribution in [-0.4, -0.2) is 4.75 Å². The van der Waals surface area contributed by atoms with Crippen LogP contribution in [0.3, 0.4) is 0 Å². The third kappa shape index (κ3) is 3.75. The molecule has 1 atom stereocenters. The monoisotopic (exact) mass is 208 g/mol. The van der Waals surface area contributed by atoms with Gasteiger partial charge in [0.2, 0.25) is 0 Å². The van der Waals surface area contributed by atoms with E-state index in [4.69, 9.17) is 0 Å². The van der Waals surface area contributed by atoms with Crippen LogP contribution in [0, 0.1) is 0 Å². The molecule has 0 saturated heterocycles. The standard InChI is InChI=1S/C13H20S/c1-5-12(14-13(2,3)4)11-9-7-6-8-10-11/h6-10,12H,5H2,1-4H3/t12-/m1/s1. The Kier molecular flexibility index (Phi) is 4.06. The molecule has 78 valence electrons. The number of benzene rings is 1. The van der Waals surface area contributed by atoms with Crippen molar-refractivity contribution in [2.75, 3.05) is 0 Å². The van der Waals surface area contributed by atoms with Gasteiger partial charge in [0.1, 0.15) is 0 Å². The van der Waals surface area contributed by atoms with Crippen LogP contribution in [0.4, 0.5) is 0 Å². The van der Waals surface area contributed by atoms with Gasteiger partial charge in [0.15, 0.2) is 0 Å². The maximum Gasteiger partial charge on any atom is 0.0299 e. The van der Waals surface area contributed by atoms with Gasteiger partial charge in [0.25, 0.3) is 0 Å². The summed E-state index contributed by atoms with van der Waals surface area (Å²) in [5, 5.41) is 0.635. The SMILES string of the molecule is CC[C@@H](SC(C)(C)C)c1ccccc1. The molecule has 0 aliphatic rings. The minimum Gasteiger partial charge on any atom is -0.148 e. The maximum atomic E-state index is 2.28. The molecule has 0 bridgehead atoms. The van der Waals surface area contributed by atoms with E-state index >= 15 is 0 Å². The molecule has 0 unspecified atom stereocenters. The summed E-state index contributed by atoms with van der Waals surface area (Å²) in [6.07, 6.45) is 1.20. The zero-order chi connectivity index (χ0) is 10.6. The Morgan fingerprint density at radius 1 is 1.14 bits per heavy atom. The van der Waals surface area contributed by atoms with E-state index in [1.54, 1.807) is 0 Å². The zero-order valence-electron chi connectivity index (χ0n) is 9.58. The van der Waals surface area contributed by atoms with E-state index in [2.05, 4.69) is 69.8 Å². The van der Waals surface area contributed by atoms with Crippen molar-refractivity contribution in [1.82, 2.24) is 0 Å². The summed E-state index contributed by atoms with van der Waals surface area (Å²) in [6.45, 7) is 9.10. The van der Waals surface area contributed by atoms with Crippen LogP contribution in [0.5, 0.6) is 0 Å². The fourth-order valence-electron chi connectivity index (χ4n) is 1.48. The molecule has 1 aromatic carbocycles. The summed E-state index contributed by atoms with van der Waals surface area (Å²) in [6, 6.07) is 10.8. The molecule has 0 saturated carbocycles. The average molecular weight is 208 g/mol. The van der Waals surface area contributed by atoms with E-state index in [9.17, 15) is 0 Å². The second-order valence-corrected chi connectivity index (χ2v) is 6.57. The van der Waals surface area contributed by atoms with Gasteiger partial charge in [-0.3, -0.25) is 0 Å². The number of rotatable bonds is 3. The van der Waals surface area contributed by atoms with E-state index in [-0.39, 0.29) is 0 Å². The predicted octanol–water partition coefficient (Wildman–Crippen LogP) is 4.67. The van der Waals surface area contributed by atoms with Crippen molar-refractivity contribution in [3.63, 3.8) is 0 Å². The fourth-order valence-corrected chi connectivity index (χ4v) is 2.79. The molecule has 0 aromatic heterocycles. The highest BCUT2D eigenvalue weighted by Crippen LogP contribution is 2.40. The van der Waals surface area contributed by atoms with Crippen molar-refractivity contribution in [3.8, 4) is 0 Å². The quantitative estimate of drug-likeness (QED) is 0.695. The lowest BCUT2D eigenvalue weighted by Gasteiger charge is -2.25. The van der Waals surface area contributed by atoms with Crippen LogP contribution in [0.1, 0.15) is 44.9 Å². The van der Waals surface area contributed by atoms with Gasteiger partial charge in [-0.15, -0.1) is 11.8 Å². The molecule has 0 fully saturated rings. The van der Waals surface area contributed by atoms with Crippen molar-refractivity contribution in [3.05, 3.63) is 35.9 Å². The van der Waals surface area contributed by atoms with E-state index in [0.29, 0.717) is 10.00 Å². The van der Waals surface area contributed by atoms with Crippen molar-refractivity contribution < 1.29 is 0 Å². The summed E-state index contributed by atoms with van der Waals surface area (Å²) < 4.78 is 0.344. The molecule has 0 aliphatic carbocycles. The third-order valence-corrected chi connectivity index (χ3v) is 3.64. The molecular formula is C13H20S. The Labute approximate surface area is 92.1 Å². The molecule has 0 amide bonds. The van der Waals surface area contributed by atoms with Crippen LogP contribution >= 0.6 is 11.8 Å². The van der Waals surface area contributed by atoms with Gasteiger partial charge in [-0.2, -0.15) is 0 Å². The molecule has 0 nitrogen and oxygen atoms in total. The summed E-state index contributed by atoms with van der Waals surface area (Å²) in [5.41, 5.74) is 1.45. The number of hydrogen-bond donors (Lipinski definition) is 0. The molecule has 1 heteroatoms. The lowest BCUT2D eigenvalue weighted by atomic mass is 10.1. The predicted molar refractivity (Wildman–Crippen MR) is 66.8 cm³/mol. The second kappa shape index (κ2) is 4.88. The lowest BCUT2D eigenvalue weighted by Crippen LogP contribution is -2.10. The van der Waals surface area contributed by atoms with Gasteiger partial charge in [0, 0.05) is 10.00 Å². The first kappa shape index (κ1) is 11.6. The zero-order valence-corrected chi connectivity index (χ0v) is 10.4. The molecule has 0 N–H and O–H groups in total. The summed E-state index contributed by atoms with van der Waals surface area (Å²) in [7, 11) is 0. The first-order valence-electron chi connectivity index (χ1n) is 5.25. The Bertz CT molecular complexity index is 258. The van der Waals surface area contributed by atoms with E-state index in [1.165, 1.54) is 12.0 Å².